The van der Waals surface area contributed by atoms with Crippen LogP contribution in [0.3, 0.4) is 0 Å². The predicted octanol–water partition coefficient (Wildman–Crippen LogP) is 1.75. The van der Waals surface area contributed by atoms with Crippen LogP contribution in [0.2, 0.25) is 0 Å². The first-order chi connectivity index (χ1) is 11.7. The Morgan fingerprint density at radius 3 is 3.04 bits per heavy atom. The third-order valence-electron chi connectivity index (χ3n) is 4.76. The van der Waals surface area contributed by atoms with Gasteiger partial charge in [-0.25, -0.2) is 4.98 Å². The van der Waals surface area contributed by atoms with Gasteiger partial charge in [0.15, 0.2) is 0 Å². The lowest BCUT2D eigenvalue weighted by molar-refractivity contribution is -0.117. The molecule has 1 fully saturated rings. The zero-order valence-corrected chi connectivity index (χ0v) is 13.4. The highest BCUT2D eigenvalue weighted by atomic mass is 16.2. The molecule has 2 aliphatic heterocycles. The molecule has 6 heteroatoms. The van der Waals surface area contributed by atoms with E-state index in [1.807, 2.05) is 24.4 Å². The smallest absolute Gasteiger partial charge is 0.251 e. The van der Waals surface area contributed by atoms with Crippen LogP contribution in [-0.2, 0) is 17.8 Å². The van der Waals surface area contributed by atoms with Crippen molar-refractivity contribution in [1.82, 2.24) is 14.9 Å². The lowest BCUT2D eigenvalue weighted by Gasteiger charge is -2.25. The van der Waals surface area contributed by atoms with Crippen LogP contribution in [0.15, 0.2) is 36.7 Å². The fourth-order valence-electron chi connectivity index (χ4n) is 3.49. The number of fused-ring (bicyclic) bond motifs is 1. The summed E-state index contributed by atoms with van der Waals surface area (Å²) in [5.74, 6) is 1.12. The highest BCUT2D eigenvalue weighted by Crippen LogP contribution is 2.22. The van der Waals surface area contributed by atoms with Gasteiger partial charge in [-0.05, 0) is 31.0 Å². The molecule has 0 bridgehead atoms. The van der Waals surface area contributed by atoms with Gasteiger partial charge in [0.1, 0.15) is 5.82 Å². The van der Waals surface area contributed by atoms with E-state index in [0.717, 1.165) is 43.9 Å². The van der Waals surface area contributed by atoms with Crippen LogP contribution in [-0.4, -0.2) is 34.0 Å². The predicted molar refractivity (Wildman–Crippen MR) is 89.8 cm³/mol. The number of nitrogens with zero attached hydrogens (tertiary/aromatic N) is 3. The van der Waals surface area contributed by atoms with Gasteiger partial charge in [-0.3, -0.25) is 9.59 Å². The van der Waals surface area contributed by atoms with Crippen molar-refractivity contribution in [2.45, 2.75) is 38.3 Å². The summed E-state index contributed by atoms with van der Waals surface area (Å²) in [7, 11) is 0. The molecule has 0 saturated carbocycles. The van der Waals surface area contributed by atoms with E-state index >= 15 is 0 Å². The second-order valence-corrected chi connectivity index (χ2v) is 6.40. The van der Waals surface area contributed by atoms with E-state index in [-0.39, 0.29) is 17.9 Å². The van der Waals surface area contributed by atoms with E-state index in [1.54, 1.807) is 17.2 Å². The number of carbonyl (C=O) groups excluding carboxylic acids is 2. The maximum Gasteiger partial charge on any atom is 0.251 e. The molecule has 0 unspecified atom stereocenters. The molecule has 0 spiro atoms. The normalized spacial score (nSPS) is 20.1. The first-order valence-corrected chi connectivity index (χ1v) is 8.42. The Morgan fingerprint density at radius 2 is 2.21 bits per heavy atom. The molecule has 4 rings (SSSR count). The molecule has 3 heterocycles. The molecular formula is C18H20N4O2. The number of hydrogen-bond acceptors (Lipinski definition) is 3. The summed E-state index contributed by atoms with van der Waals surface area (Å²) in [5.41, 5.74) is 1.41. The second kappa shape index (κ2) is 6.11. The highest BCUT2D eigenvalue weighted by molar-refractivity contribution is 5.99. The first kappa shape index (κ1) is 14.9. The monoisotopic (exact) mass is 324 g/mol. The molecule has 0 radical (unpaired) electrons. The minimum absolute atomic E-state index is 0.0861. The lowest BCUT2D eigenvalue weighted by atomic mass is 10.1. The summed E-state index contributed by atoms with van der Waals surface area (Å²) in [6, 6.07) is 7.44. The fourth-order valence-corrected chi connectivity index (χ4v) is 3.49. The number of anilines is 1. The number of imidazole rings is 1. The summed E-state index contributed by atoms with van der Waals surface area (Å²) in [6.45, 7) is 1.49. The van der Waals surface area contributed by atoms with Crippen LogP contribution >= 0.6 is 0 Å². The Hall–Kier alpha value is -2.63. The summed E-state index contributed by atoms with van der Waals surface area (Å²) in [6.07, 6.45) is 6.99. The van der Waals surface area contributed by atoms with Gasteiger partial charge >= 0.3 is 0 Å². The van der Waals surface area contributed by atoms with Crippen molar-refractivity contribution in [3.63, 3.8) is 0 Å². The average Bonchev–Trinajstić information content (AvgIpc) is 3.23. The van der Waals surface area contributed by atoms with Gasteiger partial charge in [-0.1, -0.05) is 6.07 Å². The highest BCUT2D eigenvalue weighted by Gasteiger charge is 2.24. The van der Waals surface area contributed by atoms with E-state index < -0.39 is 0 Å². The van der Waals surface area contributed by atoms with Crippen LogP contribution in [0.1, 0.15) is 35.4 Å². The second-order valence-electron chi connectivity index (χ2n) is 6.40. The Labute approximate surface area is 140 Å². The third kappa shape index (κ3) is 2.79. The number of hydrogen-bond donors (Lipinski definition) is 1. The third-order valence-corrected chi connectivity index (χ3v) is 4.76. The number of amides is 2. The zero-order valence-electron chi connectivity index (χ0n) is 13.4. The van der Waals surface area contributed by atoms with Crippen molar-refractivity contribution in [2.75, 3.05) is 11.4 Å². The molecule has 124 valence electrons. The summed E-state index contributed by atoms with van der Waals surface area (Å²) < 4.78 is 2.09. The van der Waals surface area contributed by atoms with Crippen molar-refractivity contribution >= 4 is 17.5 Å². The van der Waals surface area contributed by atoms with E-state index in [1.165, 1.54) is 0 Å². The number of aryl methyl sites for hydroxylation is 1. The topological polar surface area (TPSA) is 67.2 Å². The van der Waals surface area contributed by atoms with Gasteiger partial charge in [-0.15, -0.1) is 0 Å². The molecule has 1 N–H and O–H groups in total. The first-order valence-electron chi connectivity index (χ1n) is 8.42. The Balaban J connectivity index is 1.46. The Bertz CT molecular complexity index is 783. The lowest BCUT2D eigenvalue weighted by Crippen LogP contribution is -2.41. The molecule has 1 aromatic heterocycles. The number of aromatic nitrogens is 2. The molecule has 1 saturated heterocycles. The van der Waals surface area contributed by atoms with Gasteiger partial charge < -0.3 is 14.8 Å². The van der Waals surface area contributed by atoms with Crippen molar-refractivity contribution in [1.29, 1.82) is 0 Å². The van der Waals surface area contributed by atoms with Crippen molar-refractivity contribution in [3.8, 4) is 0 Å². The van der Waals surface area contributed by atoms with Crippen LogP contribution in [0.25, 0.3) is 0 Å². The Morgan fingerprint density at radius 1 is 1.29 bits per heavy atom. The van der Waals surface area contributed by atoms with Crippen molar-refractivity contribution < 1.29 is 9.59 Å². The minimum Gasteiger partial charge on any atom is -0.347 e. The van der Waals surface area contributed by atoms with Gasteiger partial charge in [0.2, 0.25) is 5.91 Å². The van der Waals surface area contributed by atoms with Crippen LogP contribution in [0.4, 0.5) is 5.69 Å². The van der Waals surface area contributed by atoms with E-state index in [2.05, 4.69) is 14.9 Å². The zero-order chi connectivity index (χ0) is 16.5. The molecule has 0 aliphatic carbocycles. The molecule has 1 aromatic carbocycles. The summed E-state index contributed by atoms with van der Waals surface area (Å²) >= 11 is 0. The van der Waals surface area contributed by atoms with E-state index in [4.69, 9.17) is 0 Å². The molecule has 2 amide bonds. The molecule has 6 nitrogen and oxygen atoms in total. The SMILES string of the molecule is O=C(N[C@@H]1CCc2nccn2C1)c1cccc(N2CCCC2=O)c1. The van der Waals surface area contributed by atoms with Gasteiger partial charge in [0.05, 0.1) is 0 Å². The van der Waals surface area contributed by atoms with Crippen LogP contribution in [0, 0.1) is 0 Å². The molecule has 2 aromatic rings. The minimum atomic E-state index is -0.0861. The van der Waals surface area contributed by atoms with Crippen molar-refractivity contribution in [2.24, 2.45) is 0 Å². The fraction of sp³-hybridized carbons (Fsp3) is 0.389. The standard InChI is InChI=1S/C18H20N4O2/c23-17-5-2-9-22(17)15-4-1-3-13(11-15)18(24)20-14-6-7-16-19-8-10-21(16)12-14/h1,3-4,8,10-11,14H,2,5-7,9,12H2,(H,20,24)/t14-/m1/s1. The molecular weight excluding hydrogens is 304 g/mol. The molecule has 24 heavy (non-hydrogen) atoms. The maximum atomic E-state index is 12.6. The number of carbonyl (C=O) groups is 2. The van der Waals surface area contributed by atoms with Gasteiger partial charge in [0.25, 0.3) is 5.91 Å². The van der Waals surface area contributed by atoms with Gasteiger partial charge in [-0.2, -0.15) is 0 Å². The quantitative estimate of drug-likeness (QED) is 0.935. The number of benzene rings is 1. The maximum absolute atomic E-state index is 12.6. The summed E-state index contributed by atoms with van der Waals surface area (Å²) in [5, 5.41) is 3.10. The van der Waals surface area contributed by atoms with Crippen LogP contribution in [0.5, 0.6) is 0 Å². The number of rotatable bonds is 3. The average molecular weight is 324 g/mol. The molecule has 2 aliphatic rings. The van der Waals surface area contributed by atoms with Crippen LogP contribution < -0.4 is 10.2 Å². The largest absolute Gasteiger partial charge is 0.347 e. The van der Waals surface area contributed by atoms with Gasteiger partial charge in [0, 0.05) is 55.6 Å². The number of nitrogens with one attached hydrogen (secondary N) is 1. The summed E-state index contributed by atoms with van der Waals surface area (Å²) in [4.78, 5) is 30.5. The van der Waals surface area contributed by atoms with E-state index in [0.29, 0.717) is 12.0 Å². The molecule has 1 atom stereocenters. The van der Waals surface area contributed by atoms with Crippen molar-refractivity contribution in [3.05, 3.63) is 48.0 Å². The Kier molecular flexibility index (Phi) is 3.80. The van der Waals surface area contributed by atoms with E-state index in [9.17, 15) is 9.59 Å².